The van der Waals surface area contributed by atoms with Crippen molar-refractivity contribution < 1.29 is 14.5 Å². The number of carbonyl (C=O) groups excluding carboxylic acids is 1. The standard InChI is InChI=1S/C10H11NO4S/c1-15-10-7(9(12)6-16-2)4-3-5-8(10)11(13)14/h3-5H,6H2,1-2H3. The van der Waals surface area contributed by atoms with E-state index in [2.05, 4.69) is 0 Å². The maximum atomic E-state index is 11.7. The van der Waals surface area contributed by atoms with Gasteiger partial charge in [0.2, 0.25) is 5.75 Å². The van der Waals surface area contributed by atoms with E-state index in [-0.39, 0.29) is 28.5 Å². The van der Waals surface area contributed by atoms with Crippen LogP contribution >= 0.6 is 11.8 Å². The largest absolute Gasteiger partial charge is 0.490 e. The molecule has 0 saturated carbocycles. The Labute approximate surface area is 96.9 Å². The molecule has 0 fully saturated rings. The average Bonchev–Trinajstić information content (AvgIpc) is 2.28. The third kappa shape index (κ3) is 2.52. The fourth-order valence-corrected chi connectivity index (χ4v) is 1.73. The molecule has 6 heteroatoms. The van der Waals surface area contributed by atoms with Crippen LogP contribution < -0.4 is 4.74 Å². The van der Waals surface area contributed by atoms with E-state index in [1.54, 1.807) is 6.26 Å². The number of nitro groups is 1. The SMILES string of the molecule is COc1c(C(=O)CSC)cccc1[N+](=O)[O-]. The number of thioether (sulfide) groups is 1. The number of hydrogen-bond donors (Lipinski definition) is 0. The van der Waals surface area contributed by atoms with Crippen LogP contribution in [-0.2, 0) is 0 Å². The van der Waals surface area contributed by atoms with E-state index >= 15 is 0 Å². The Morgan fingerprint density at radius 1 is 1.56 bits per heavy atom. The second-order valence-corrected chi connectivity index (χ2v) is 3.84. The van der Waals surface area contributed by atoms with Crippen molar-refractivity contribution in [2.75, 3.05) is 19.1 Å². The van der Waals surface area contributed by atoms with Gasteiger partial charge in [0, 0.05) is 6.07 Å². The molecule has 0 bridgehead atoms. The lowest BCUT2D eigenvalue weighted by molar-refractivity contribution is -0.385. The van der Waals surface area contributed by atoms with Crippen molar-refractivity contribution in [1.29, 1.82) is 0 Å². The van der Waals surface area contributed by atoms with Crippen LogP contribution in [0.4, 0.5) is 5.69 Å². The number of Topliss-reactive ketones (excluding diaryl/α,β-unsaturated/α-hetero) is 1. The van der Waals surface area contributed by atoms with E-state index in [0.29, 0.717) is 0 Å². The minimum atomic E-state index is -0.561. The summed E-state index contributed by atoms with van der Waals surface area (Å²) in [6.07, 6.45) is 1.79. The smallest absolute Gasteiger partial charge is 0.311 e. The number of benzene rings is 1. The lowest BCUT2D eigenvalue weighted by Crippen LogP contribution is -2.06. The number of nitrogens with zero attached hydrogens (tertiary/aromatic N) is 1. The average molecular weight is 241 g/mol. The zero-order valence-corrected chi connectivity index (χ0v) is 9.74. The molecule has 86 valence electrons. The molecule has 0 aromatic heterocycles. The van der Waals surface area contributed by atoms with Gasteiger partial charge in [0.05, 0.1) is 23.3 Å². The number of para-hydroxylation sites is 1. The molecule has 0 N–H and O–H groups in total. The molecule has 0 unspecified atom stereocenters. The van der Waals surface area contributed by atoms with Gasteiger partial charge < -0.3 is 4.74 Å². The van der Waals surface area contributed by atoms with E-state index in [9.17, 15) is 14.9 Å². The Hall–Kier alpha value is -1.56. The highest BCUT2D eigenvalue weighted by Gasteiger charge is 2.21. The van der Waals surface area contributed by atoms with Crippen LogP contribution in [0.5, 0.6) is 5.75 Å². The molecule has 0 spiro atoms. The van der Waals surface area contributed by atoms with Gasteiger partial charge in [-0.25, -0.2) is 0 Å². The summed E-state index contributed by atoms with van der Waals surface area (Å²) in [5, 5.41) is 10.7. The van der Waals surface area contributed by atoms with Crippen molar-refractivity contribution in [3.05, 3.63) is 33.9 Å². The van der Waals surface area contributed by atoms with E-state index < -0.39 is 4.92 Å². The number of nitro benzene ring substituents is 1. The number of ether oxygens (including phenoxy) is 1. The Bertz CT molecular complexity index is 419. The predicted molar refractivity (Wildman–Crippen MR) is 62.4 cm³/mol. The molecule has 1 aromatic carbocycles. The molecule has 5 nitrogen and oxygen atoms in total. The highest BCUT2D eigenvalue weighted by Crippen LogP contribution is 2.31. The van der Waals surface area contributed by atoms with Gasteiger partial charge in [0.25, 0.3) is 0 Å². The summed E-state index contributed by atoms with van der Waals surface area (Å²) < 4.78 is 4.93. The fraction of sp³-hybridized carbons (Fsp3) is 0.300. The molecular formula is C10H11NO4S. The summed E-state index contributed by atoms with van der Waals surface area (Å²) in [5.41, 5.74) is 0.0699. The number of hydrogen-bond acceptors (Lipinski definition) is 5. The topological polar surface area (TPSA) is 69.4 Å². The van der Waals surface area contributed by atoms with E-state index in [4.69, 9.17) is 4.74 Å². The van der Waals surface area contributed by atoms with Gasteiger partial charge in [0.1, 0.15) is 0 Å². The molecule has 0 atom stereocenters. The molecular weight excluding hydrogens is 230 g/mol. The molecule has 0 aliphatic heterocycles. The Balaban J connectivity index is 3.24. The number of ketones is 1. The van der Waals surface area contributed by atoms with Crippen LogP contribution in [0.25, 0.3) is 0 Å². The molecule has 16 heavy (non-hydrogen) atoms. The Morgan fingerprint density at radius 3 is 2.75 bits per heavy atom. The minimum absolute atomic E-state index is 0.0338. The summed E-state index contributed by atoms with van der Waals surface area (Å²) in [4.78, 5) is 21.8. The monoisotopic (exact) mass is 241 g/mol. The summed E-state index contributed by atoms with van der Waals surface area (Å²) >= 11 is 1.36. The minimum Gasteiger partial charge on any atom is -0.490 e. The summed E-state index contributed by atoms with van der Waals surface area (Å²) in [5.74, 6) is 0.136. The molecule has 0 aliphatic rings. The van der Waals surface area contributed by atoms with Gasteiger partial charge in [-0.3, -0.25) is 14.9 Å². The molecule has 0 heterocycles. The summed E-state index contributed by atoms with van der Waals surface area (Å²) in [6, 6.07) is 4.33. The summed E-state index contributed by atoms with van der Waals surface area (Å²) in [7, 11) is 1.32. The van der Waals surface area contributed by atoms with Gasteiger partial charge in [-0.05, 0) is 12.3 Å². The first kappa shape index (κ1) is 12.5. The van der Waals surface area contributed by atoms with E-state index in [1.807, 2.05) is 0 Å². The molecule has 1 aromatic rings. The maximum Gasteiger partial charge on any atom is 0.311 e. The Kier molecular flexibility index (Phi) is 4.30. The third-order valence-corrected chi connectivity index (χ3v) is 2.52. The van der Waals surface area contributed by atoms with E-state index in [0.717, 1.165) is 0 Å². The van der Waals surface area contributed by atoms with Crippen molar-refractivity contribution in [3.8, 4) is 5.75 Å². The van der Waals surface area contributed by atoms with Gasteiger partial charge in [-0.1, -0.05) is 6.07 Å². The quantitative estimate of drug-likeness (QED) is 0.449. The molecule has 1 rings (SSSR count). The van der Waals surface area contributed by atoms with Crippen molar-refractivity contribution in [2.45, 2.75) is 0 Å². The molecule has 0 radical (unpaired) electrons. The lowest BCUT2D eigenvalue weighted by Gasteiger charge is -2.06. The first-order valence-corrected chi connectivity index (χ1v) is 5.84. The van der Waals surface area contributed by atoms with Crippen LogP contribution in [-0.4, -0.2) is 29.8 Å². The highest BCUT2D eigenvalue weighted by atomic mass is 32.2. The predicted octanol–water partition coefficient (Wildman–Crippen LogP) is 2.15. The van der Waals surface area contributed by atoms with Gasteiger partial charge in [-0.15, -0.1) is 0 Å². The zero-order valence-electron chi connectivity index (χ0n) is 8.93. The van der Waals surface area contributed by atoms with Crippen molar-refractivity contribution >= 4 is 23.2 Å². The Morgan fingerprint density at radius 2 is 2.25 bits per heavy atom. The van der Waals surface area contributed by atoms with Crippen molar-refractivity contribution in [2.24, 2.45) is 0 Å². The number of carbonyl (C=O) groups is 1. The zero-order chi connectivity index (χ0) is 12.1. The highest BCUT2D eigenvalue weighted by molar-refractivity contribution is 7.99. The van der Waals surface area contributed by atoms with Crippen LogP contribution in [0.15, 0.2) is 18.2 Å². The van der Waals surface area contributed by atoms with Gasteiger partial charge in [-0.2, -0.15) is 11.8 Å². The van der Waals surface area contributed by atoms with Crippen molar-refractivity contribution in [3.63, 3.8) is 0 Å². The fourth-order valence-electron chi connectivity index (χ4n) is 1.31. The van der Waals surface area contributed by atoms with Crippen LogP contribution in [0.2, 0.25) is 0 Å². The lowest BCUT2D eigenvalue weighted by atomic mass is 10.1. The molecule has 0 amide bonds. The normalized spacial score (nSPS) is 9.88. The first-order chi connectivity index (χ1) is 7.61. The van der Waals surface area contributed by atoms with Crippen molar-refractivity contribution in [1.82, 2.24) is 0 Å². The first-order valence-electron chi connectivity index (χ1n) is 4.45. The van der Waals surface area contributed by atoms with Crippen LogP contribution in [0.3, 0.4) is 0 Å². The third-order valence-electron chi connectivity index (χ3n) is 1.97. The summed E-state index contributed by atoms with van der Waals surface area (Å²) in [6.45, 7) is 0. The van der Waals surface area contributed by atoms with E-state index in [1.165, 1.54) is 37.1 Å². The second-order valence-electron chi connectivity index (χ2n) is 2.97. The second kappa shape index (κ2) is 5.50. The van der Waals surface area contributed by atoms with Gasteiger partial charge >= 0.3 is 5.69 Å². The number of methoxy groups -OCH3 is 1. The van der Waals surface area contributed by atoms with Gasteiger partial charge in [0.15, 0.2) is 5.78 Å². The van der Waals surface area contributed by atoms with Crippen LogP contribution in [0.1, 0.15) is 10.4 Å². The molecule has 0 saturated heterocycles. The maximum absolute atomic E-state index is 11.7. The molecule has 0 aliphatic carbocycles. The number of rotatable bonds is 5. The van der Waals surface area contributed by atoms with Crippen LogP contribution in [0, 0.1) is 10.1 Å².